The fourth-order valence-electron chi connectivity index (χ4n) is 1.65. The van der Waals surface area contributed by atoms with Gasteiger partial charge in [0.25, 0.3) is 0 Å². The minimum Gasteiger partial charge on any atom is -0.508 e. The zero-order valence-electron chi connectivity index (χ0n) is 10.8. The van der Waals surface area contributed by atoms with E-state index < -0.39 is 0 Å². The number of ether oxygens (including phenoxy) is 1. The smallest absolute Gasteiger partial charge is 0.131 e. The van der Waals surface area contributed by atoms with Crippen molar-refractivity contribution in [1.29, 1.82) is 0 Å². The molecular weight excluding hydrogens is 238 g/mol. The summed E-state index contributed by atoms with van der Waals surface area (Å²) in [5, 5.41) is 12.4. The highest BCUT2D eigenvalue weighted by Crippen LogP contribution is 2.22. The molecule has 3 heteroatoms. The molecule has 0 atom stereocenters. The fraction of sp³-hybridized carbons (Fsp3) is 0.125. The van der Waals surface area contributed by atoms with Crippen LogP contribution in [0.25, 0.3) is 5.76 Å². The van der Waals surface area contributed by atoms with Crippen molar-refractivity contribution in [3.05, 3.63) is 66.2 Å². The normalized spacial score (nSPS) is 11.3. The first-order chi connectivity index (χ1) is 9.29. The Hall–Kier alpha value is -2.26. The number of rotatable bonds is 5. The van der Waals surface area contributed by atoms with Gasteiger partial charge in [-0.05, 0) is 49.5 Å². The summed E-state index contributed by atoms with van der Waals surface area (Å²) in [6, 6.07) is 16.6. The molecule has 0 saturated heterocycles. The highest BCUT2D eigenvalue weighted by Gasteiger charge is 2.04. The quantitative estimate of drug-likeness (QED) is 0.807. The molecule has 98 valence electrons. The molecule has 0 spiro atoms. The predicted octanol–water partition coefficient (Wildman–Crippen LogP) is 3.03. The van der Waals surface area contributed by atoms with Crippen LogP contribution in [-0.4, -0.2) is 18.7 Å². The topological polar surface area (TPSA) is 41.5 Å². The van der Waals surface area contributed by atoms with Crippen molar-refractivity contribution >= 4 is 5.76 Å². The van der Waals surface area contributed by atoms with Crippen LogP contribution in [0.2, 0.25) is 0 Å². The van der Waals surface area contributed by atoms with E-state index in [9.17, 15) is 5.11 Å². The molecule has 2 N–H and O–H groups in total. The van der Waals surface area contributed by atoms with E-state index in [0.29, 0.717) is 6.54 Å². The van der Waals surface area contributed by atoms with E-state index in [1.54, 1.807) is 12.1 Å². The van der Waals surface area contributed by atoms with E-state index in [-0.39, 0.29) is 5.75 Å². The van der Waals surface area contributed by atoms with E-state index in [2.05, 4.69) is 5.32 Å². The Kier molecular flexibility index (Phi) is 4.59. The largest absolute Gasteiger partial charge is 0.508 e. The van der Waals surface area contributed by atoms with E-state index in [1.807, 2.05) is 55.6 Å². The maximum absolute atomic E-state index is 9.33. The summed E-state index contributed by atoms with van der Waals surface area (Å²) in [6.45, 7) is 0.711. The zero-order valence-corrected chi connectivity index (χ0v) is 10.8. The molecule has 0 fully saturated rings. The lowest BCUT2D eigenvalue weighted by atomic mass is 10.1. The van der Waals surface area contributed by atoms with Crippen LogP contribution >= 0.6 is 0 Å². The average Bonchev–Trinajstić information content (AvgIpc) is 2.45. The van der Waals surface area contributed by atoms with Gasteiger partial charge in [0, 0.05) is 12.1 Å². The van der Waals surface area contributed by atoms with Crippen LogP contribution in [0.3, 0.4) is 0 Å². The number of phenols is 1. The summed E-state index contributed by atoms with van der Waals surface area (Å²) in [7, 11) is 1.88. The van der Waals surface area contributed by atoms with E-state index in [0.717, 1.165) is 17.1 Å². The van der Waals surface area contributed by atoms with Gasteiger partial charge in [-0.3, -0.25) is 0 Å². The van der Waals surface area contributed by atoms with Gasteiger partial charge in [0.15, 0.2) is 0 Å². The standard InChI is InChI=1S/C16H17NO2/c1-17-12-11-16(13-7-9-14(18)10-8-13)19-15-5-3-2-4-6-15/h2-11,17-18H,12H2,1H3/b16-11+. The van der Waals surface area contributed by atoms with Crippen molar-refractivity contribution in [2.24, 2.45) is 0 Å². The molecule has 0 saturated carbocycles. The number of hydrogen-bond donors (Lipinski definition) is 2. The van der Waals surface area contributed by atoms with Crippen molar-refractivity contribution in [1.82, 2.24) is 5.32 Å². The second-order valence-electron chi connectivity index (χ2n) is 4.09. The third-order valence-electron chi connectivity index (χ3n) is 2.61. The fourth-order valence-corrected chi connectivity index (χ4v) is 1.65. The first-order valence-electron chi connectivity index (χ1n) is 6.16. The Labute approximate surface area is 113 Å². The molecule has 3 nitrogen and oxygen atoms in total. The second kappa shape index (κ2) is 6.61. The number of likely N-dealkylation sites (N-methyl/N-ethyl adjacent to an activating group) is 1. The number of benzene rings is 2. The molecule has 0 aliphatic carbocycles. The highest BCUT2D eigenvalue weighted by atomic mass is 16.5. The lowest BCUT2D eigenvalue weighted by Crippen LogP contribution is -2.07. The van der Waals surface area contributed by atoms with Crippen molar-refractivity contribution in [3.8, 4) is 11.5 Å². The van der Waals surface area contributed by atoms with Crippen LogP contribution in [-0.2, 0) is 0 Å². The van der Waals surface area contributed by atoms with Crippen LogP contribution < -0.4 is 10.1 Å². The SMILES string of the molecule is CNC/C=C(/Oc1ccccc1)c1ccc(O)cc1. The van der Waals surface area contributed by atoms with Gasteiger partial charge in [0.05, 0.1) is 0 Å². The molecule has 0 bridgehead atoms. The lowest BCUT2D eigenvalue weighted by Gasteiger charge is -2.11. The number of nitrogens with one attached hydrogen (secondary N) is 1. The summed E-state index contributed by atoms with van der Waals surface area (Å²) < 4.78 is 5.88. The lowest BCUT2D eigenvalue weighted by molar-refractivity contribution is 0.475. The molecule has 0 aromatic heterocycles. The van der Waals surface area contributed by atoms with Gasteiger partial charge < -0.3 is 15.2 Å². The highest BCUT2D eigenvalue weighted by molar-refractivity contribution is 5.62. The van der Waals surface area contributed by atoms with Crippen molar-refractivity contribution in [2.75, 3.05) is 13.6 Å². The molecule has 2 rings (SSSR count). The Bertz CT molecular complexity index is 532. The Balaban J connectivity index is 2.24. The average molecular weight is 255 g/mol. The van der Waals surface area contributed by atoms with Crippen LogP contribution in [0.4, 0.5) is 0 Å². The number of para-hydroxylation sites is 1. The van der Waals surface area contributed by atoms with Crippen molar-refractivity contribution in [3.63, 3.8) is 0 Å². The number of phenolic OH excluding ortho intramolecular Hbond substituents is 1. The van der Waals surface area contributed by atoms with Crippen LogP contribution in [0.15, 0.2) is 60.7 Å². The van der Waals surface area contributed by atoms with Gasteiger partial charge in [0.1, 0.15) is 17.3 Å². The monoisotopic (exact) mass is 255 g/mol. The first-order valence-corrected chi connectivity index (χ1v) is 6.16. The molecule has 2 aromatic carbocycles. The van der Waals surface area contributed by atoms with Gasteiger partial charge >= 0.3 is 0 Å². The van der Waals surface area contributed by atoms with Gasteiger partial charge in [-0.25, -0.2) is 0 Å². The van der Waals surface area contributed by atoms with Gasteiger partial charge in [-0.2, -0.15) is 0 Å². The van der Waals surface area contributed by atoms with E-state index in [1.165, 1.54) is 0 Å². The van der Waals surface area contributed by atoms with Crippen LogP contribution in [0.5, 0.6) is 11.5 Å². The summed E-state index contributed by atoms with van der Waals surface area (Å²) >= 11 is 0. The minimum atomic E-state index is 0.247. The third-order valence-corrected chi connectivity index (χ3v) is 2.61. The summed E-state index contributed by atoms with van der Waals surface area (Å²) in [5.41, 5.74) is 0.928. The Morgan fingerprint density at radius 1 is 1.11 bits per heavy atom. The maximum atomic E-state index is 9.33. The Morgan fingerprint density at radius 3 is 2.42 bits per heavy atom. The van der Waals surface area contributed by atoms with E-state index >= 15 is 0 Å². The molecule has 0 radical (unpaired) electrons. The van der Waals surface area contributed by atoms with Crippen LogP contribution in [0, 0.1) is 0 Å². The van der Waals surface area contributed by atoms with Gasteiger partial charge in [-0.15, -0.1) is 0 Å². The predicted molar refractivity (Wildman–Crippen MR) is 77.1 cm³/mol. The molecule has 0 unspecified atom stereocenters. The molecule has 2 aromatic rings. The Morgan fingerprint density at radius 2 is 1.79 bits per heavy atom. The zero-order chi connectivity index (χ0) is 13.5. The molecule has 0 amide bonds. The van der Waals surface area contributed by atoms with Gasteiger partial charge in [0.2, 0.25) is 0 Å². The summed E-state index contributed by atoms with van der Waals surface area (Å²) in [6.07, 6.45) is 1.97. The van der Waals surface area contributed by atoms with Crippen LogP contribution in [0.1, 0.15) is 5.56 Å². The van der Waals surface area contributed by atoms with E-state index in [4.69, 9.17) is 4.74 Å². The van der Waals surface area contributed by atoms with Gasteiger partial charge in [-0.1, -0.05) is 18.2 Å². The summed E-state index contributed by atoms with van der Waals surface area (Å²) in [5.74, 6) is 1.80. The maximum Gasteiger partial charge on any atom is 0.131 e. The molecule has 0 heterocycles. The molecular formula is C16H17NO2. The molecule has 0 aliphatic heterocycles. The first kappa shape index (κ1) is 13.2. The minimum absolute atomic E-state index is 0.247. The van der Waals surface area contributed by atoms with Crippen molar-refractivity contribution in [2.45, 2.75) is 0 Å². The second-order valence-corrected chi connectivity index (χ2v) is 4.09. The van der Waals surface area contributed by atoms with Crippen molar-refractivity contribution < 1.29 is 9.84 Å². The number of aromatic hydroxyl groups is 1. The summed E-state index contributed by atoms with van der Waals surface area (Å²) in [4.78, 5) is 0. The molecule has 19 heavy (non-hydrogen) atoms. The molecule has 0 aliphatic rings. The third kappa shape index (κ3) is 3.86. The number of hydrogen-bond acceptors (Lipinski definition) is 3.